The normalized spacial score (nSPS) is 14.7. The van der Waals surface area contributed by atoms with Gasteiger partial charge in [-0.3, -0.25) is 10.1 Å². The van der Waals surface area contributed by atoms with E-state index in [2.05, 4.69) is 9.88 Å². The van der Waals surface area contributed by atoms with Crippen molar-refractivity contribution in [1.29, 1.82) is 5.26 Å². The highest BCUT2D eigenvalue weighted by molar-refractivity contribution is 7.13. The van der Waals surface area contributed by atoms with Gasteiger partial charge in [-0.2, -0.15) is 5.26 Å². The molecule has 1 aliphatic heterocycles. The summed E-state index contributed by atoms with van der Waals surface area (Å²) in [6.07, 6.45) is 1.77. The van der Waals surface area contributed by atoms with Crippen LogP contribution in [-0.2, 0) is 0 Å². The van der Waals surface area contributed by atoms with Gasteiger partial charge in [-0.25, -0.2) is 4.98 Å². The second kappa shape index (κ2) is 5.99. The summed E-state index contributed by atoms with van der Waals surface area (Å²) in [5.74, 6) is 0. The van der Waals surface area contributed by atoms with E-state index < -0.39 is 4.92 Å². The van der Waals surface area contributed by atoms with Crippen LogP contribution in [0.25, 0.3) is 0 Å². The van der Waals surface area contributed by atoms with Crippen LogP contribution in [0.5, 0.6) is 0 Å². The highest BCUT2D eigenvalue weighted by Gasteiger charge is 2.24. The molecule has 0 saturated carbocycles. The molecule has 0 spiro atoms. The van der Waals surface area contributed by atoms with Gasteiger partial charge in [-0.05, 0) is 12.1 Å². The van der Waals surface area contributed by atoms with Crippen molar-refractivity contribution in [3.05, 3.63) is 45.5 Å². The average molecular weight is 315 g/mol. The zero-order valence-corrected chi connectivity index (χ0v) is 12.5. The number of rotatable bonds is 3. The summed E-state index contributed by atoms with van der Waals surface area (Å²) < 4.78 is 0. The summed E-state index contributed by atoms with van der Waals surface area (Å²) in [6, 6.07) is 6.51. The molecule has 0 atom stereocenters. The van der Waals surface area contributed by atoms with E-state index in [1.54, 1.807) is 23.6 Å². The van der Waals surface area contributed by atoms with Crippen LogP contribution in [0.1, 0.15) is 5.56 Å². The lowest BCUT2D eigenvalue weighted by Gasteiger charge is -2.35. The van der Waals surface area contributed by atoms with E-state index in [4.69, 9.17) is 5.26 Å². The van der Waals surface area contributed by atoms with Crippen LogP contribution < -0.4 is 9.80 Å². The van der Waals surface area contributed by atoms with Gasteiger partial charge in [-0.15, -0.1) is 11.3 Å². The summed E-state index contributed by atoms with van der Waals surface area (Å²) in [7, 11) is 0. The number of nitrogens with zero attached hydrogens (tertiary/aromatic N) is 5. The first-order valence-corrected chi connectivity index (χ1v) is 7.65. The third-order valence-corrected chi connectivity index (χ3v) is 4.44. The van der Waals surface area contributed by atoms with Gasteiger partial charge in [0.1, 0.15) is 5.69 Å². The molecule has 3 rings (SSSR count). The molecule has 1 saturated heterocycles. The van der Waals surface area contributed by atoms with Gasteiger partial charge in [-0.1, -0.05) is 0 Å². The highest BCUT2D eigenvalue weighted by atomic mass is 32.1. The molecule has 1 aromatic carbocycles. The number of anilines is 2. The Balaban J connectivity index is 1.81. The first kappa shape index (κ1) is 14.3. The first-order valence-electron chi connectivity index (χ1n) is 6.77. The van der Waals surface area contributed by atoms with E-state index in [1.807, 2.05) is 16.3 Å². The van der Waals surface area contributed by atoms with Crippen LogP contribution in [0.4, 0.5) is 16.5 Å². The second-order valence-electron chi connectivity index (χ2n) is 4.86. The summed E-state index contributed by atoms with van der Waals surface area (Å²) in [6.45, 7) is 2.83. The third-order valence-electron chi connectivity index (χ3n) is 3.61. The van der Waals surface area contributed by atoms with Gasteiger partial charge in [0.2, 0.25) is 0 Å². The molecule has 0 N–H and O–H groups in total. The van der Waals surface area contributed by atoms with E-state index >= 15 is 0 Å². The van der Waals surface area contributed by atoms with Gasteiger partial charge < -0.3 is 9.80 Å². The molecule has 22 heavy (non-hydrogen) atoms. The Morgan fingerprint density at radius 2 is 2.00 bits per heavy atom. The average Bonchev–Trinajstić information content (AvgIpc) is 3.09. The van der Waals surface area contributed by atoms with Crippen molar-refractivity contribution in [2.24, 2.45) is 0 Å². The summed E-state index contributed by atoms with van der Waals surface area (Å²) in [4.78, 5) is 19.2. The molecule has 0 unspecified atom stereocenters. The van der Waals surface area contributed by atoms with Crippen LogP contribution in [-0.4, -0.2) is 36.1 Å². The molecule has 0 aliphatic carbocycles. The van der Waals surface area contributed by atoms with Crippen molar-refractivity contribution >= 4 is 27.8 Å². The van der Waals surface area contributed by atoms with E-state index in [0.717, 1.165) is 18.2 Å². The predicted molar refractivity (Wildman–Crippen MR) is 84.4 cm³/mol. The lowest BCUT2D eigenvalue weighted by atomic mass is 10.1. The van der Waals surface area contributed by atoms with E-state index in [1.165, 1.54) is 12.1 Å². The van der Waals surface area contributed by atoms with Gasteiger partial charge in [0.15, 0.2) is 5.13 Å². The number of benzene rings is 1. The minimum Gasteiger partial charge on any atom is -0.362 e. The topological polar surface area (TPSA) is 86.3 Å². The second-order valence-corrected chi connectivity index (χ2v) is 5.73. The highest BCUT2D eigenvalue weighted by Crippen LogP contribution is 2.30. The monoisotopic (exact) mass is 315 g/mol. The van der Waals surface area contributed by atoms with E-state index in [0.29, 0.717) is 24.3 Å². The minimum absolute atomic E-state index is 0.0432. The SMILES string of the molecule is N#Cc1ccc([N+](=O)[O-])c(N2CCN(c3nccs3)CC2)c1. The number of hydrogen-bond acceptors (Lipinski definition) is 7. The maximum absolute atomic E-state index is 11.2. The minimum atomic E-state index is -0.399. The Kier molecular flexibility index (Phi) is 3.89. The molecular formula is C14H13N5O2S. The van der Waals surface area contributed by atoms with E-state index in [-0.39, 0.29) is 5.69 Å². The van der Waals surface area contributed by atoms with Crippen molar-refractivity contribution in [2.45, 2.75) is 0 Å². The molecular weight excluding hydrogens is 302 g/mol. The fourth-order valence-corrected chi connectivity index (χ4v) is 3.21. The Hall–Kier alpha value is -2.66. The number of piperazine rings is 1. The maximum atomic E-state index is 11.2. The molecule has 0 radical (unpaired) electrons. The summed E-state index contributed by atoms with van der Waals surface area (Å²) in [5, 5.41) is 23.1. The fraction of sp³-hybridized carbons (Fsp3) is 0.286. The quantitative estimate of drug-likeness (QED) is 0.638. The van der Waals surface area contributed by atoms with Gasteiger partial charge in [0.05, 0.1) is 16.6 Å². The Labute approximate surface area is 131 Å². The van der Waals surface area contributed by atoms with Crippen molar-refractivity contribution in [2.75, 3.05) is 36.0 Å². The van der Waals surface area contributed by atoms with E-state index in [9.17, 15) is 10.1 Å². The third kappa shape index (κ3) is 2.71. The standard InChI is InChI=1S/C14H13N5O2S/c15-10-11-1-2-12(19(20)21)13(9-11)17-4-6-18(7-5-17)14-16-3-8-22-14/h1-3,8-9H,4-7H2. The van der Waals surface area contributed by atoms with Crippen molar-refractivity contribution in [3.8, 4) is 6.07 Å². The van der Waals surface area contributed by atoms with Gasteiger partial charge in [0.25, 0.3) is 5.69 Å². The van der Waals surface area contributed by atoms with Gasteiger partial charge in [0, 0.05) is 43.8 Å². The molecule has 1 aromatic heterocycles. The lowest BCUT2D eigenvalue weighted by molar-refractivity contribution is -0.384. The zero-order chi connectivity index (χ0) is 15.5. The molecule has 2 heterocycles. The number of aromatic nitrogens is 1. The van der Waals surface area contributed by atoms with Crippen LogP contribution in [0.15, 0.2) is 29.8 Å². The zero-order valence-electron chi connectivity index (χ0n) is 11.7. The summed E-state index contributed by atoms with van der Waals surface area (Å²) in [5.41, 5.74) is 0.993. The molecule has 1 aliphatic rings. The van der Waals surface area contributed by atoms with Gasteiger partial charge >= 0.3 is 0 Å². The largest absolute Gasteiger partial charge is 0.362 e. The van der Waals surface area contributed by atoms with Crippen LogP contribution in [0, 0.1) is 21.4 Å². The molecule has 0 bridgehead atoms. The molecule has 7 nitrogen and oxygen atoms in total. The summed E-state index contributed by atoms with van der Waals surface area (Å²) >= 11 is 1.59. The number of nitriles is 1. The smallest absolute Gasteiger partial charge is 0.292 e. The Bertz CT molecular complexity index is 717. The maximum Gasteiger partial charge on any atom is 0.292 e. The molecule has 2 aromatic rings. The Morgan fingerprint density at radius 3 is 2.59 bits per heavy atom. The molecule has 1 fully saturated rings. The number of hydrogen-bond donors (Lipinski definition) is 0. The van der Waals surface area contributed by atoms with Crippen LogP contribution in [0.3, 0.4) is 0 Å². The molecule has 0 amide bonds. The van der Waals surface area contributed by atoms with Crippen LogP contribution in [0.2, 0.25) is 0 Å². The molecule has 8 heteroatoms. The molecule has 112 valence electrons. The van der Waals surface area contributed by atoms with Crippen molar-refractivity contribution < 1.29 is 4.92 Å². The number of thiazole rings is 1. The number of nitro groups is 1. The lowest BCUT2D eigenvalue weighted by Crippen LogP contribution is -2.46. The number of nitro benzene ring substituents is 1. The predicted octanol–water partition coefficient (Wildman–Crippen LogP) is 2.25. The van der Waals surface area contributed by atoms with Crippen molar-refractivity contribution in [1.82, 2.24) is 4.98 Å². The van der Waals surface area contributed by atoms with Crippen molar-refractivity contribution in [3.63, 3.8) is 0 Å². The fourth-order valence-electron chi connectivity index (χ4n) is 2.51. The first-order chi connectivity index (χ1) is 10.7. The Morgan fingerprint density at radius 1 is 1.27 bits per heavy atom. The van der Waals surface area contributed by atoms with Crippen LogP contribution >= 0.6 is 11.3 Å².